The van der Waals surface area contributed by atoms with Gasteiger partial charge in [-0.3, -0.25) is 0 Å². The highest BCUT2D eigenvalue weighted by molar-refractivity contribution is 5.72. The van der Waals surface area contributed by atoms with Crippen molar-refractivity contribution in [3.63, 3.8) is 0 Å². The summed E-state index contributed by atoms with van der Waals surface area (Å²) in [6.45, 7) is 2.17. The van der Waals surface area contributed by atoms with E-state index < -0.39 is 0 Å². The monoisotopic (exact) mass is 261 g/mol. The Morgan fingerprint density at radius 3 is 2.30 bits per heavy atom. The summed E-state index contributed by atoms with van der Waals surface area (Å²) in [5.74, 6) is 0. The minimum absolute atomic E-state index is 1.11. The van der Waals surface area contributed by atoms with Crippen LogP contribution in [0.5, 0.6) is 0 Å². The van der Waals surface area contributed by atoms with Crippen molar-refractivity contribution in [1.82, 2.24) is 0 Å². The largest absolute Gasteiger partial charge is 0.311 e. The summed E-state index contributed by atoms with van der Waals surface area (Å²) in [4.78, 5) is 2.34. The molecule has 100 valence electrons. The van der Waals surface area contributed by atoms with E-state index in [9.17, 15) is 0 Å². The van der Waals surface area contributed by atoms with Crippen LogP contribution < -0.4 is 4.90 Å². The van der Waals surface area contributed by atoms with Crippen LogP contribution in [-0.4, -0.2) is 0 Å². The lowest BCUT2D eigenvalue weighted by Gasteiger charge is -2.28. The zero-order valence-corrected chi connectivity index (χ0v) is 11.8. The van der Waals surface area contributed by atoms with E-state index in [4.69, 9.17) is 0 Å². The summed E-state index contributed by atoms with van der Waals surface area (Å²) < 4.78 is 0. The highest BCUT2D eigenvalue weighted by atomic mass is 15.1. The molecule has 1 heteroatoms. The molecule has 1 aliphatic rings. The molecule has 1 aliphatic carbocycles. The van der Waals surface area contributed by atoms with Gasteiger partial charge in [0.15, 0.2) is 0 Å². The summed E-state index contributed by atoms with van der Waals surface area (Å²) in [5, 5.41) is 0. The molecule has 0 spiro atoms. The first kappa shape index (κ1) is 12.7. The second kappa shape index (κ2) is 5.79. The number of aryl methyl sites for hydroxylation is 1. The molecule has 0 aliphatic heterocycles. The summed E-state index contributed by atoms with van der Waals surface area (Å²) >= 11 is 0. The Kier molecular flexibility index (Phi) is 3.69. The topological polar surface area (TPSA) is 3.24 Å². The number of para-hydroxylation sites is 2. The van der Waals surface area contributed by atoms with E-state index in [1.807, 2.05) is 0 Å². The van der Waals surface area contributed by atoms with Crippen LogP contribution in [-0.2, 0) is 0 Å². The molecule has 3 rings (SSSR count). The Bertz CT molecular complexity index is 638. The Morgan fingerprint density at radius 1 is 0.850 bits per heavy atom. The van der Waals surface area contributed by atoms with Gasteiger partial charge in [0.25, 0.3) is 0 Å². The molecule has 0 fully saturated rings. The molecule has 20 heavy (non-hydrogen) atoms. The van der Waals surface area contributed by atoms with Crippen LogP contribution in [0.25, 0.3) is 0 Å². The van der Waals surface area contributed by atoms with Gasteiger partial charge in [-0.1, -0.05) is 48.6 Å². The van der Waals surface area contributed by atoms with E-state index in [1.54, 1.807) is 0 Å². The number of allylic oxidation sites excluding steroid dienone is 3. The van der Waals surface area contributed by atoms with E-state index in [-0.39, 0.29) is 0 Å². The number of hydrogen-bond donors (Lipinski definition) is 0. The van der Waals surface area contributed by atoms with Gasteiger partial charge in [0.1, 0.15) is 0 Å². The van der Waals surface area contributed by atoms with Crippen LogP contribution >= 0.6 is 0 Å². The minimum atomic E-state index is 1.11. The van der Waals surface area contributed by atoms with Gasteiger partial charge in [-0.2, -0.15) is 0 Å². The molecule has 1 nitrogen and oxygen atoms in total. The lowest BCUT2D eigenvalue weighted by molar-refractivity contribution is 0.996. The van der Waals surface area contributed by atoms with E-state index in [1.165, 1.54) is 22.6 Å². The van der Waals surface area contributed by atoms with Gasteiger partial charge in [0, 0.05) is 17.1 Å². The average Bonchev–Trinajstić information content (AvgIpc) is 2.52. The van der Waals surface area contributed by atoms with Gasteiger partial charge in [-0.15, -0.1) is 0 Å². The molecule has 2 aromatic rings. The van der Waals surface area contributed by atoms with Crippen molar-refractivity contribution < 1.29 is 0 Å². The summed E-state index contributed by atoms with van der Waals surface area (Å²) in [7, 11) is 0. The van der Waals surface area contributed by atoms with Crippen LogP contribution in [0.15, 0.2) is 78.5 Å². The number of rotatable bonds is 3. The van der Waals surface area contributed by atoms with Crippen molar-refractivity contribution in [3.05, 3.63) is 84.1 Å². The fraction of sp³-hybridized carbons (Fsp3) is 0.158. The zero-order chi connectivity index (χ0) is 13.8. The predicted octanol–water partition coefficient (Wildman–Crippen LogP) is 5.37. The molecule has 0 unspecified atom stereocenters. The van der Waals surface area contributed by atoms with Gasteiger partial charge >= 0.3 is 0 Å². The maximum absolute atomic E-state index is 2.34. The summed E-state index contributed by atoms with van der Waals surface area (Å²) in [6, 6.07) is 19.1. The highest BCUT2D eigenvalue weighted by Crippen LogP contribution is 2.33. The Morgan fingerprint density at radius 2 is 1.60 bits per heavy atom. The normalized spacial score (nSPS) is 13.9. The van der Waals surface area contributed by atoms with Crippen molar-refractivity contribution in [2.24, 2.45) is 0 Å². The van der Waals surface area contributed by atoms with E-state index >= 15 is 0 Å². The lowest BCUT2D eigenvalue weighted by Crippen LogP contribution is -2.17. The smallest absolute Gasteiger partial charge is 0.0490 e. The third kappa shape index (κ3) is 2.53. The molecule has 0 N–H and O–H groups in total. The molecule has 0 saturated heterocycles. The minimum Gasteiger partial charge on any atom is -0.311 e. The lowest BCUT2D eigenvalue weighted by atomic mass is 10.1. The molecule has 0 atom stereocenters. The van der Waals surface area contributed by atoms with Crippen LogP contribution in [0.3, 0.4) is 0 Å². The van der Waals surface area contributed by atoms with Gasteiger partial charge < -0.3 is 4.90 Å². The standard InChI is InChI=1S/C19H19N/c1-16-10-8-9-15-19(16)20(17-11-4-2-5-12-17)18-13-6-3-7-14-18/h2,4-6,8-15H,3,7H2,1H3. The Hall–Kier alpha value is -2.28. The van der Waals surface area contributed by atoms with Gasteiger partial charge in [-0.25, -0.2) is 0 Å². The fourth-order valence-electron chi connectivity index (χ4n) is 2.58. The SMILES string of the molecule is Cc1ccccc1N(C1=CCCC=C1)c1ccccc1. The predicted molar refractivity (Wildman–Crippen MR) is 86.2 cm³/mol. The van der Waals surface area contributed by atoms with Crippen molar-refractivity contribution >= 4 is 11.4 Å². The second-order valence-electron chi connectivity index (χ2n) is 5.07. The zero-order valence-electron chi connectivity index (χ0n) is 11.8. The van der Waals surface area contributed by atoms with Crippen molar-refractivity contribution in [3.8, 4) is 0 Å². The molecule has 0 bridgehead atoms. The Balaban J connectivity index is 2.11. The maximum atomic E-state index is 2.34. The number of hydrogen-bond acceptors (Lipinski definition) is 1. The van der Waals surface area contributed by atoms with Crippen LogP contribution in [0.2, 0.25) is 0 Å². The van der Waals surface area contributed by atoms with Crippen molar-refractivity contribution in [1.29, 1.82) is 0 Å². The third-order valence-corrected chi connectivity index (χ3v) is 3.60. The van der Waals surface area contributed by atoms with Crippen molar-refractivity contribution in [2.75, 3.05) is 4.90 Å². The molecule has 0 heterocycles. The quantitative estimate of drug-likeness (QED) is 0.718. The molecule has 0 radical (unpaired) electrons. The summed E-state index contributed by atoms with van der Waals surface area (Å²) in [5.41, 5.74) is 5.00. The first-order valence-corrected chi connectivity index (χ1v) is 7.14. The molecule has 0 amide bonds. The van der Waals surface area contributed by atoms with Gasteiger partial charge in [-0.05, 0) is 49.6 Å². The summed E-state index contributed by atoms with van der Waals surface area (Å²) in [6.07, 6.45) is 9.05. The van der Waals surface area contributed by atoms with Gasteiger partial charge in [0.05, 0.1) is 0 Å². The average molecular weight is 261 g/mol. The first-order valence-electron chi connectivity index (χ1n) is 7.14. The highest BCUT2D eigenvalue weighted by Gasteiger charge is 2.15. The number of anilines is 2. The molecule has 0 saturated carbocycles. The third-order valence-electron chi connectivity index (χ3n) is 3.60. The fourth-order valence-corrected chi connectivity index (χ4v) is 2.58. The Labute approximate surface area is 120 Å². The molecular weight excluding hydrogens is 242 g/mol. The number of benzene rings is 2. The van der Waals surface area contributed by atoms with Crippen molar-refractivity contribution in [2.45, 2.75) is 19.8 Å². The van der Waals surface area contributed by atoms with Gasteiger partial charge in [0.2, 0.25) is 0 Å². The van der Waals surface area contributed by atoms with E-state index in [0.717, 1.165) is 12.8 Å². The second-order valence-corrected chi connectivity index (χ2v) is 5.07. The van der Waals surface area contributed by atoms with Crippen LogP contribution in [0.1, 0.15) is 18.4 Å². The van der Waals surface area contributed by atoms with E-state index in [2.05, 4.69) is 84.6 Å². The molecule has 2 aromatic carbocycles. The van der Waals surface area contributed by atoms with E-state index in [0.29, 0.717) is 0 Å². The first-order chi connectivity index (χ1) is 9.86. The molecular formula is C19H19N. The molecule has 0 aromatic heterocycles. The van der Waals surface area contributed by atoms with Crippen LogP contribution in [0.4, 0.5) is 11.4 Å². The number of nitrogens with zero attached hydrogens (tertiary/aromatic N) is 1. The maximum Gasteiger partial charge on any atom is 0.0490 e. The van der Waals surface area contributed by atoms with Crippen LogP contribution in [0, 0.1) is 6.92 Å².